The van der Waals surface area contributed by atoms with Gasteiger partial charge in [0, 0.05) is 15.7 Å². The number of benzene rings is 2. The molecule has 0 amide bonds. The molecule has 0 unspecified atom stereocenters. The van der Waals surface area contributed by atoms with Crippen molar-refractivity contribution >= 4 is 21.6 Å². The van der Waals surface area contributed by atoms with E-state index in [2.05, 4.69) is 31.5 Å². The summed E-state index contributed by atoms with van der Waals surface area (Å²) >= 11 is 3.39. The molecule has 0 aliphatic rings. The lowest BCUT2D eigenvalue weighted by atomic mass is 10.1. The predicted octanol–water partition coefficient (Wildman–Crippen LogP) is 3.12. The van der Waals surface area contributed by atoms with Gasteiger partial charge in [0.05, 0.1) is 5.69 Å². The molecule has 0 spiro atoms. The monoisotopic (exact) mass is 347 g/mol. The number of aryl methyl sites for hydroxylation is 1. The Morgan fingerprint density at radius 2 is 2.00 bits per heavy atom. The first-order valence-electron chi connectivity index (χ1n) is 6.16. The average Bonchev–Trinajstić information content (AvgIpc) is 2.90. The van der Waals surface area contributed by atoms with Gasteiger partial charge in [0.25, 0.3) is 0 Å². The van der Waals surface area contributed by atoms with E-state index in [0.29, 0.717) is 22.8 Å². The van der Waals surface area contributed by atoms with Crippen LogP contribution in [0.2, 0.25) is 0 Å². The Morgan fingerprint density at radius 3 is 2.71 bits per heavy atom. The molecule has 21 heavy (non-hydrogen) atoms. The normalized spacial score (nSPS) is 10.8. The van der Waals surface area contributed by atoms with E-state index in [9.17, 15) is 4.39 Å². The van der Waals surface area contributed by atoms with Gasteiger partial charge in [-0.05, 0) is 59.3 Å². The van der Waals surface area contributed by atoms with Crippen molar-refractivity contribution in [2.75, 3.05) is 5.73 Å². The molecule has 0 aliphatic heterocycles. The molecule has 0 atom stereocenters. The summed E-state index contributed by atoms with van der Waals surface area (Å²) < 4.78 is 15.8. The van der Waals surface area contributed by atoms with Gasteiger partial charge >= 0.3 is 0 Å². The fourth-order valence-electron chi connectivity index (χ4n) is 2.04. The van der Waals surface area contributed by atoms with Crippen LogP contribution in [0.25, 0.3) is 17.1 Å². The lowest BCUT2D eigenvalue weighted by Crippen LogP contribution is -2.01. The number of nitrogens with two attached hydrogens (primary N) is 1. The number of nitrogens with zero attached hydrogens (tertiary/aromatic N) is 4. The lowest BCUT2D eigenvalue weighted by Gasteiger charge is -2.07. The highest BCUT2D eigenvalue weighted by Gasteiger charge is 2.12. The zero-order valence-corrected chi connectivity index (χ0v) is 12.7. The van der Waals surface area contributed by atoms with Crippen LogP contribution in [0.5, 0.6) is 0 Å². The number of aromatic nitrogens is 4. The first kappa shape index (κ1) is 13.7. The number of rotatable bonds is 2. The molecule has 0 aliphatic carbocycles. The third-order valence-corrected chi connectivity index (χ3v) is 3.49. The molecule has 2 aromatic carbocycles. The molecule has 2 N–H and O–H groups in total. The number of tetrazole rings is 1. The first-order chi connectivity index (χ1) is 10.0. The molecule has 1 heterocycles. The van der Waals surface area contributed by atoms with Gasteiger partial charge in [0.15, 0.2) is 5.82 Å². The minimum absolute atomic E-state index is 0.264. The van der Waals surface area contributed by atoms with Crippen LogP contribution in [0.1, 0.15) is 5.56 Å². The zero-order chi connectivity index (χ0) is 15.0. The molecule has 0 fully saturated rings. The van der Waals surface area contributed by atoms with E-state index in [0.717, 1.165) is 10.0 Å². The molecule has 3 aromatic rings. The van der Waals surface area contributed by atoms with Crippen molar-refractivity contribution < 1.29 is 4.39 Å². The van der Waals surface area contributed by atoms with Crippen molar-refractivity contribution in [1.29, 1.82) is 0 Å². The second-order valence-electron chi connectivity index (χ2n) is 4.62. The van der Waals surface area contributed by atoms with Crippen LogP contribution < -0.4 is 5.73 Å². The van der Waals surface area contributed by atoms with Gasteiger partial charge in [0.2, 0.25) is 0 Å². The molecule has 7 heteroatoms. The third-order valence-electron chi connectivity index (χ3n) is 3.03. The summed E-state index contributed by atoms with van der Waals surface area (Å²) in [6.07, 6.45) is 0. The quantitative estimate of drug-likeness (QED) is 0.723. The Balaban J connectivity index is 2.14. The van der Waals surface area contributed by atoms with Crippen LogP contribution in [0, 0.1) is 12.7 Å². The molecule has 1 aromatic heterocycles. The van der Waals surface area contributed by atoms with Crippen molar-refractivity contribution in [1.82, 2.24) is 20.2 Å². The van der Waals surface area contributed by atoms with Gasteiger partial charge < -0.3 is 5.73 Å². The molecule has 3 rings (SSSR count). The van der Waals surface area contributed by atoms with Crippen LogP contribution in [0.3, 0.4) is 0 Å². The van der Waals surface area contributed by atoms with Crippen LogP contribution >= 0.6 is 15.9 Å². The molecule has 0 bridgehead atoms. The van der Waals surface area contributed by atoms with Gasteiger partial charge in [-0.25, -0.2) is 4.39 Å². The fourth-order valence-corrected chi connectivity index (χ4v) is 2.55. The van der Waals surface area contributed by atoms with Gasteiger partial charge in [-0.2, -0.15) is 4.68 Å². The van der Waals surface area contributed by atoms with Crippen molar-refractivity contribution in [2.45, 2.75) is 6.92 Å². The molecular formula is C14H11BrFN5. The van der Waals surface area contributed by atoms with Crippen LogP contribution in [-0.2, 0) is 0 Å². The van der Waals surface area contributed by atoms with E-state index in [1.165, 1.54) is 6.07 Å². The standard InChI is InChI=1S/C14H11BrFN5/c1-8-4-12(2-3-13(8)16)21-14(18-19-20-21)9-5-10(15)7-11(17)6-9/h2-7H,17H2,1H3. The maximum Gasteiger partial charge on any atom is 0.187 e. The Kier molecular flexibility index (Phi) is 3.42. The number of nitrogen functional groups attached to an aromatic ring is 1. The van der Waals surface area contributed by atoms with E-state index < -0.39 is 0 Å². The van der Waals surface area contributed by atoms with E-state index in [-0.39, 0.29) is 5.82 Å². The average molecular weight is 348 g/mol. The van der Waals surface area contributed by atoms with Crippen LogP contribution in [0.4, 0.5) is 10.1 Å². The van der Waals surface area contributed by atoms with Crippen LogP contribution in [-0.4, -0.2) is 20.2 Å². The minimum Gasteiger partial charge on any atom is -0.399 e. The summed E-state index contributed by atoms with van der Waals surface area (Å²) in [4.78, 5) is 0. The molecule has 0 radical (unpaired) electrons. The zero-order valence-electron chi connectivity index (χ0n) is 11.1. The topological polar surface area (TPSA) is 69.6 Å². The van der Waals surface area contributed by atoms with Crippen molar-refractivity contribution in [3.8, 4) is 17.1 Å². The van der Waals surface area contributed by atoms with Crippen molar-refractivity contribution in [3.05, 3.63) is 52.3 Å². The molecule has 0 saturated carbocycles. The second kappa shape index (κ2) is 5.25. The molecular weight excluding hydrogens is 337 g/mol. The van der Waals surface area contributed by atoms with Gasteiger partial charge in [-0.3, -0.25) is 0 Å². The highest BCUT2D eigenvalue weighted by Crippen LogP contribution is 2.26. The molecule has 106 valence electrons. The Morgan fingerprint density at radius 1 is 1.19 bits per heavy atom. The number of halogens is 2. The van der Waals surface area contributed by atoms with Crippen LogP contribution in [0.15, 0.2) is 40.9 Å². The maximum atomic E-state index is 13.4. The lowest BCUT2D eigenvalue weighted by molar-refractivity contribution is 0.617. The fraction of sp³-hybridized carbons (Fsp3) is 0.0714. The first-order valence-corrected chi connectivity index (χ1v) is 6.95. The number of hydrogen-bond donors (Lipinski definition) is 1. The third kappa shape index (κ3) is 2.64. The summed E-state index contributed by atoms with van der Waals surface area (Å²) in [6, 6.07) is 10.2. The summed E-state index contributed by atoms with van der Waals surface area (Å²) in [7, 11) is 0. The van der Waals surface area contributed by atoms with E-state index >= 15 is 0 Å². The minimum atomic E-state index is -0.264. The molecule has 5 nitrogen and oxygen atoms in total. The van der Waals surface area contributed by atoms with E-state index in [4.69, 9.17) is 5.73 Å². The molecule has 0 saturated heterocycles. The summed E-state index contributed by atoms with van der Waals surface area (Å²) in [5.41, 5.74) is 8.43. The van der Waals surface area contributed by atoms with Crippen molar-refractivity contribution in [3.63, 3.8) is 0 Å². The predicted molar refractivity (Wildman–Crippen MR) is 81.4 cm³/mol. The SMILES string of the molecule is Cc1cc(-n2nnnc2-c2cc(N)cc(Br)c2)ccc1F. The van der Waals surface area contributed by atoms with E-state index in [1.54, 1.807) is 35.9 Å². The van der Waals surface area contributed by atoms with Gasteiger partial charge in [0.1, 0.15) is 5.82 Å². The Labute approximate surface area is 128 Å². The maximum absolute atomic E-state index is 13.4. The summed E-state index contributed by atoms with van der Waals surface area (Å²) in [5.74, 6) is 0.272. The number of hydrogen-bond acceptors (Lipinski definition) is 4. The summed E-state index contributed by atoms with van der Waals surface area (Å²) in [6.45, 7) is 1.69. The smallest absolute Gasteiger partial charge is 0.187 e. The Hall–Kier alpha value is -2.28. The second-order valence-corrected chi connectivity index (χ2v) is 5.54. The largest absolute Gasteiger partial charge is 0.399 e. The number of anilines is 1. The van der Waals surface area contributed by atoms with Crippen molar-refractivity contribution in [2.24, 2.45) is 0 Å². The van der Waals surface area contributed by atoms with E-state index in [1.807, 2.05) is 6.07 Å². The van der Waals surface area contributed by atoms with Gasteiger partial charge in [-0.1, -0.05) is 15.9 Å². The highest BCUT2D eigenvalue weighted by atomic mass is 79.9. The Bertz CT molecular complexity index is 795. The highest BCUT2D eigenvalue weighted by molar-refractivity contribution is 9.10. The van der Waals surface area contributed by atoms with Gasteiger partial charge in [-0.15, -0.1) is 5.10 Å². The summed E-state index contributed by atoms with van der Waals surface area (Å²) in [5, 5.41) is 11.7.